The van der Waals surface area contributed by atoms with Crippen LogP contribution in [-0.4, -0.2) is 19.4 Å². The highest BCUT2D eigenvalue weighted by Crippen LogP contribution is 2.29. The Bertz CT molecular complexity index is 733. The van der Waals surface area contributed by atoms with Gasteiger partial charge in [-0.1, -0.05) is 0 Å². The molecule has 5 nitrogen and oxygen atoms in total. The Hall–Kier alpha value is -0.960. The second-order valence-corrected chi connectivity index (χ2v) is 9.19. The van der Waals surface area contributed by atoms with E-state index in [4.69, 9.17) is 5.73 Å². The van der Waals surface area contributed by atoms with Crippen LogP contribution >= 0.6 is 22.7 Å². The topological polar surface area (TPSA) is 85.1 Å². The number of aromatic nitrogens is 1. The van der Waals surface area contributed by atoms with Gasteiger partial charge in [0.25, 0.3) is 0 Å². The van der Waals surface area contributed by atoms with Crippen molar-refractivity contribution < 1.29 is 8.42 Å². The van der Waals surface area contributed by atoms with E-state index in [9.17, 15) is 8.42 Å². The molecule has 1 aliphatic rings. The van der Waals surface area contributed by atoms with Crippen LogP contribution in [0.5, 0.6) is 0 Å². The van der Waals surface area contributed by atoms with Crippen molar-refractivity contribution in [3.63, 3.8) is 0 Å². The Morgan fingerprint density at radius 1 is 1.40 bits per heavy atom. The van der Waals surface area contributed by atoms with Crippen molar-refractivity contribution in [2.45, 2.75) is 36.4 Å². The number of aryl methyl sites for hydroxylation is 2. The van der Waals surface area contributed by atoms with E-state index < -0.39 is 10.0 Å². The molecule has 0 amide bonds. The Morgan fingerprint density at radius 2 is 2.20 bits per heavy atom. The summed E-state index contributed by atoms with van der Waals surface area (Å²) in [7, 11) is -3.41. The number of anilines is 1. The van der Waals surface area contributed by atoms with Crippen LogP contribution < -0.4 is 10.5 Å². The smallest absolute Gasteiger partial charge is 0.250 e. The zero-order chi connectivity index (χ0) is 14.3. The number of thiazole rings is 1. The van der Waals surface area contributed by atoms with E-state index in [1.165, 1.54) is 22.7 Å². The molecule has 0 saturated heterocycles. The minimum Gasteiger partial charge on any atom is -0.375 e. The van der Waals surface area contributed by atoms with Crippen molar-refractivity contribution in [2.24, 2.45) is 0 Å². The van der Waals surface area contributed by atoms with Crippen molar-refractivity contribution in [1.29, 1.82) is 0 Å². The average molecular weight is 329 g/mol. The minimum atomic E-state index is -3.41. The van der Waals surface area contributed by atoms with E-state index in [1.807, 2.05) is 13.0 Å². The van der Waals surface area contributed by atoms with Crippen LogP contribution in [0.4, 0.5) is 5.13 Å². The first-order chi connectivity index (χ1) is 9.44. The molecular formula is C12H15N3O2S3. The number of nitrogens with zero attached hydrogens (tertiary/aromatic N) is 1. The number of nitrogen functional groups attached to an aromatic ring is 1. The fraction of sp³-hybridized carbons (Fsp3) is 0.417. The third-order valence-corrected chi connectivity index (χ3v) is 7.22. The lowest BCUT2D eigenvalue weighted by atomic mass is 9.99. The highest BCUT2D eigenvalue weighted by molar-refractivity contribution is 7.91. The van der Waals surface area contributed by atoms with E-state index in [0.717, 1.165) is 28.3 Å². The van der Waals surface area contributed by atoms with Gasteiger partial charge in [-0.25, -0.2) is 18.1 Å². The summed E-state index contributed by atoms with van der Waals surface area (Å²) in [4.78, 5) is 6.36. The monoisotopic (exact) mass is 329 g/mol. The molecule has 0 radical (unpaired) electrons. The SMILES string of the molecule is Cc1ccc(S(=O)(=O)NC2CCc3nc(N)sc3C2)s1. The molecule has 2 aromatic heterocycles. The maximum Gasteiger partial charge on any atom is 0.250 e. The first-order valence-electron chi connectivity index (χ1n) is 6.27. The summed E-state index contributed by atoms with van der Waals surface area (Å²) >= 11 is 2.75. The van der Waals surface area contributed by atoms with Crippen LogP contribution in [0.1, 0.15) is 21.9 Å². The van der Waals surface area contributed by atoms with E-state index in [2.05, 4.69) is 9.71 Å². The normalized spacial score (nSPS) is 18.9. The van der Waals surface area contributed by atoms with Crippen molar-refractivity contribution in [3.8, 4) is 0 Å². The Balaban J connectivity index is 1.76. The summed E-state index contributed by atoms with van der Waals surface area (Å²) in [6, 6.07) is 3.40. The summed E-state index contributed by atoms with van der Waals surface area (Å²) in [6.07, 6.45) is 2.22. The van der Waals surface area contributed by atoms with E-state index >= 15 is 0 Å². The van der Waals surface area contributed by atoms with Crippen molar-refractivity contribution in [2.75, 3.05) is 5.73 Å². The molecule has 20 heavy (non-hydrogen) atoms. The molecule has 0 saturated carbocycles. The number of nitrogens with one attached hydrogen (secondary N) is 1. The number of sulfonamides is 1. The number of thiophene rings is 1. The maximum atomic E-state index is 12.3. The Morgan fingerprint density at radius 3 is 2.90 bits per heavy atom. The van der Waals surface area contributed by atoms with Gasteiger partial charge in [0.05, 0.1) is 5.69 Å². The molecule has 1 unspecified atom stereocenters. The number of nitrogens with two attached hydrogens (primary N) is 1. The zero-order valence-corrected chi connectivity index (χ0v) is 13.4. The van der Waals surface area contributed by atoms with Crippen LogP contribution in [0, 0.1) is 6.92 Å². The maximum absolute atomic E-state index is 12.3. The Kier molecular flexibility index (Phi) is 3.57. The van der Waals surface area contributed by atoms with Crippen molar-refractivity contribution >= 4 is 37.8 Å². The summed E-state index contributed by atoms with van der Waals surface area (Å²) in [6.45, 7) is 1.90. The highest BCUT2D eigenvalue weighted by Gasteiger charge is 2.27. The zero-order valence-electron chi connectivity index (χ0n) is 10.9. The fourth-order valence-electron chi connectivity index (χ4n) is 2.33. The predicted molar refractivity (Wildman–Crippen MR) is 81.7 cm³/mol. The van der Waals surface area contributed by atoms with Gasteiger partial charge in [-0.2, -0.15) is 0 Å². The van der Waals surface area contributed by atoms with Crippen LogP contribution in [0.2, 0.25) is 0 Å². The summed E-state index contributed by atoms with van der Waals surface area (Å²) in [5, 5.41) is 0.562. The van der Waals surface area contributed by atoms with Crippen LogP contribution in [0.25, 0.3) is 0 Å². The molecule has 0 aromatic carbocycles. The lowest BCUT2D eigenvalue weighted by molar-refractivity contribution is 0.509. The minimum absolute atomic E-state index is 0.0743. The molecule has 0 aliphatic heterocycles. The third-order valence-electron chi connectivity index (χ3n) is 3.26. The van der Waals surface area contributed by atoms with E-state index in [0.29, 0.717) is 15.8 Å². The molecule has 1 atom stereocenters. The van der Waals surface area contributed by atoms with Crippen molar-refractivity contribution in [3.05, 3.63) is 27.6 Å². The molecule has 1 aliphatic carbocycles. The molecule has 2 aromatic rings. The fourth-order valence-corrected chi connectivity index (χ4v) is 5.86. The van der Waals surface area contributed by atoms with Gasteiger partial charge in [0.15, 0.2) is 5.13 Å². The van der Waals surface area contributed by atoms with E-state index in [-0.39, 0.29) is 6.04 Å². The molecule has 3 rings (SSSR count). The first kappa shape index (κ1) is 14.0. The van der Waals surface area contributed by atoms with Gasteiger partial charge in [0.2, 0.25) is 10.0 Å². The van der Waals surface area contributed by atoms with Gasteiger partial charge in [0.1, 0.15) is 4.21 Å². The largest absolute Gasteiger partial charge is 0.375 e. The quantitative estimate of drug-likeness (QED) is 0.901. The third kappa shape index (κ3) is 2.73. The molecule has 0 fully saturated rings. The summed E-state index contributed by atoms with van der Waals surface area (Å²) in [5.74, 6) is 0. The molecule has 0 spiro atoms. The van der Waals surface area contributed by atoms with Gasteiger partial charge >= 0.3 is 0 Å². The average Bonchev–Trinajstić information content (AvgIpc) is 2.93. The lowest BCUT2D eigenvalue weighted by Crippen LogP contribution is -2.38. The second-order valence-electron chi connectivity index (χ2n) is 4.85. The predicted octanol–water partition coefficient (Wildman–Crippen LogP) is 1.93. The van der Waals surface area contributed by atoms with Gasteiger partial charge in [-0.05, 0) is 31.9 Å². The van der Waals surface area contributed by atoms with E-state index in [1.54, 1.807) is 6.07 Å². The summed E-state index contributed by atoms with van der Waals surface area (Å²) < 4.78 is 27.8. The first-order valence-corrected chi connectivity index (χ1v) is 9.38. The summed E-state index contributed by atoms with van der Waals surface area (Å²) in [5.41, 5.74) is 6.72. The van der Waals surface area contributed by atoms with Crippen molar-refractivity contribution in [1.82, 2.24) is 9.71 Å². The molecular weight excluding hydrogens is 314 g/mol. The van der Waals surface area contributed by atoms with Gasteiger partial charge in [-0.15, -0.1) is 22.7 Å². The Labute approximate surface area is 125 Å². The standard InChI is InChI=1S/C12H15N3O2S3/c1-7-2-5-11(18-7)20(16,17)15-8-3-4-9-10(6-8)19-12(13)14-9/h2,5,8,15H,3-4,6H2,1H3,(H2,13,14). The highest BCUT2D eigenvalue weighted by atomic mass is 32.2. The molecule has 3 N–H and O–H groups in total. The van der Waals surface area contributed by atoms with Crippen LogP contribution in [0.3, 0.4) is 0 Å². The van der Waals surface area contributed by atoms with Crippen LogP contribution in [0.15, 0.2) is 16.3 Å². The number of hydrogen-bond donors (Lipinski definition) is 2. The number of fused-ring (bicyclic) bond motifs is 1. The molecule has 2 heterocycles. The lowest BCUT2D eigenvalue weighted by Gasteiger charge is -2.21. The van der Waals surface area contributed by atoms with Gasteiger partial charge < -0.3 is 5.73 Å². The molecule has 108 valence electrons. The number of rotatable bonds is 3. The van der Waals surface area contributed by atoms with Crippen LogP contribution in [-0.2, 0) is 22.9 Å². The van der Waals surface area contributed by atoms with Gasteiger partial charge in [0, 0.05) is 22.2 Å². The molecule has 8 heteroatoms. The second kappa shape index (κ2) is 5.10. The molecule has 0 bridgehead atoms. The van der Waals surface area contributed by atoms with Gasteiger partial charge in [-0.3, -0.25) is 0 Å². The number of hydrogen-bond acceptors (Lipinski definition) is 6.